The molecule has 0 aliphatic carbocycles. The van der Waals surface area contributed by atoms with Crippen LogP contribution in [0.25, 0.3) is 0 Å². The summed E-state index contributed by atoms with van der Waals surface area (Å²) in [5, 5.41) is 9.72. The lowest BCUT2D eigenvalue weighted by molar-refractivity contribution is -0.140. The predicted octanol–water partition coefficient (Wildman–Crippen LogP) is -0.274. The first-order chi connectivity index (χ1) is 7.83. The Morgan fingerprint density at radius 1 is 1.47 bits per heavy atom. The fourth-order valence-corrected chi connectivity index (χ4v) is 3.30. The van der Waals surface area contributed by atoms with Crippen LogP contribution >= 0.6 is 0 Å². The highest BCUT2D eigenvalue weighted by Gasteiger charge is 2.45. The molecule has 1 rings (SSSR count). The van der Waals surface area contributed by atoms with E-state index in [-0.39, 0.29) is 31.7 Å². The topological polar surface area (TPSA) is 83.9 Å². The van der Waals surface area contributed by atoms with E-state index in [1.54, 1.807) is 0 Å². The summed E-state index contributed by atoms with van der Waals surface area (Å²) in [5.41, 5.74) is -0.866. The molecule has 0 atom stereocenters. The number of rotatable bonds is 6. The molecule has 0 bridgehead atoms. The molecule has 0 saturated carbocycles. The third kappa shape index (κ3) is 3.65. The van der Waals surface area contributed by atoms with Crippen LogP contribution in [-0.2, 0) is 19.6 Å². The highest BCUT2D eigenvalue weighted by molar-refractivity contribution is 7.89. The van der Waals surface area contributed by atoms with Gasteiger partial charge in [0.15, 0.2) is 0 Å². The number of hydrogen-bond acceptors (Lipinski definition) is 5. The number of methoxy groups -OCH3 is 1. The molecule has 17 heavy (non-hydrogen) atoms. The zero-order valence-electron chi connectivity index (χ0n) is 10.2. The van der Waals surface area contributed by atoms with E-state index in [0.29, 0.717) is 6.42 Å². The van der Waals surface area contributed by atoms with Gasteiger partial charge < -0.3 is 9.84 Å². The van der Waals surface area contributed by atoms with Gasteiger partial charge in [0.05, 0.1) is 18.5 Å². The average Bonchev–Trinajstić information content (AvgIpc) is 2.24. The molecule has 1 aliphatic rings. The maximum atomic E-state index is 11.7. The summed E-state index contributed by atoms with van der Waals surface area (Å²) >= 11 is 0. The van der Waals surface area contributed by atoms with Crippen molar-refractivity contribution in [3.63, 3.8) is 0 Å². The van der Waals surface area contributed by atoms with Crippen molar-refractivity contribution in [1.82, 2.24) is 4.31 Å². The molecule has 6 nitrogen and oxygen atoms in total. The molecule has 0 aromatic rings. The lowest BCUT2D eigenvalue weighted by Crippen LogP contribution is -2.63. The first-order valence-electron chi connectivity index (χ1n) is 5.60. The number of aliphatic hydroxyl groups is 1. The second kappa shape index (κ2) is 5.32. The first kappa shape index (κ1) is 14.4. The summed E-state index contributed by atoms with van der Waals surface area (Å²) in [5.74, 6) is -0.490. The van der Waals surface area contributed by atoms with Crippen LogP contribution in [0.3, 0.4) is 0 Å². The van der Waals surface area contributed by atoms with Crippen LogP contribution in [0.1, 0.15) is 26.2 Å². The number of ether oxygens (including phenoxy) is 1. The van der Waals surface area contributed by atoms with Gasteiger partial charge in [-0.2, -0.15) is 4.31 Å². The van der Waals surface area contributed by atoms with Crippen LogP contribution in [0.2, 0.25) is 0 Å². The molecule has 1 saturated heterocycles. The summed E-state index contributed by atoms with van der Waals surface area (Å²) in [6, 6.07) is 0. The van der Waals surface area contributed by atoms with E-state index in [9.17, 15) is 18.3 Å². The zero-order chi connectivity index (χ0) is 13.1. The van der Waals surface area contributed by atoms with Gasteiger partial charge in [-0.25, -0.2) is 8.42 Å². The molecule has 7 heteroatoms. The Kier molecular flexibility index (Phi) is 4.51. The molecule has 0 amide bonds. The van der Waals surface area contributed by atoms with E-state index in [4.69, 9.17) is 0 Å². The number of nitrogens with zero attached hydrogens (tertiary/aromatic N) is 1. The van der Waals surface area contributed by atoms with Crippen molar-refractivity contribution in [3.05, 3.63) is 0 Å². The average molecular weight is 265 g/mol. The lowest BCUT2D eigenvalue weighted by Gasteiger charge is -2.44. The SMILES string of the molecule is CCC1(O)CN(S(=O)(=O)CCCC(=O)OC)C1. The number of carbonyl (C=O) groups is 1. The Morgan fingerprint density at radius 3 is 2.53 bits per heavy atom. The van der Waals surface area contributed by atoms with Crippen LogP contribution in [0.5, 0.6) is 0 Å². The van der Waals surface area contributed by atoms with Crippen LogP contribution in [-0.4, -0.2) is 55.4 Å². The number of esters is 1. The molecule has 0 unspecified atom stereocenters. The van der Waals surface area contributed by atoms with Crippen molar-refractivity contribution < 1.29 is 23.1 Å². The summed E-state index contributed by atoms with van der Waals surface area (Å²) in [6.45, 7) is 2.13. The molecular formula is C10H19NO5S. The molecule has 1 heterocycles. The summed E-state index contributed by atoms with van der Waals surface area (Å²) in [7, 11) is -2.07. The smallest absolute Gasteiger partial charge is 0.305 e. The van der Waals surface area contributed by atoms with Crippen LogP contribution < -0.4 is 0 Å². The van der Waals surface area contributed by atoms with Gasteiger partial charge >= 0.3 is 5.97 Å². The first-order valence-corrected chi connectivity index (χ1v) is 7.21. The normalized spacial score (nSPS) is 19.7. The number of β-amino-alcohol motifs (C(OH)–C–C–N with tert-alkyl or cyclic N) is 1. The summed E-state index contributed by atoms with van der Waals surface area (Å²) < 4.78 is 29.2. The highest BCUT2D eigenvalue weighted by atomic mass is 32.2. The summed E-state index contributed by atoms with van der Waals surface area (Å²) in [4.78, 5) is 10.8. The maximum absolute atomic E-state index is 11.7. The largest absolute Gasteiger partial charge is 0.469 e. The van der Waals surface area contributed by atoms with Crippen LogP contribution in [0.15, 0.2) is 0 Å². The maximum Gasteiger partial charge on any atom is 0.305 e. The Morgan fingerprint density at radius 2 is 2.06 bits per heavy atom. The minimum Gasteiger partial charge on any atom is -0.469 e. The third-order valence-electron chi connectivity index (χ3n) is 3.00. The Labute approximate surface area is 102 Å². The van der Waals surface area contributed by atoms with E-state index in [2.05, 4.69) is 4.74 Å². The van der Waals surface area contributed by atoms with Crippen molar-refractivity contribution in [2.24, 2.45) is 0 Å². The van der Waals surface area contributed by atoms with Gasteiger partial charge in [0, 0.05) is 19.5 Å². The van der Waals surface area contributed by atoms with Gasteiger partial charge in [-0.1, -0.05) is 6.92 Å². The Balaban J connectivity index is 2.36. The van der Waals surface area contributed by atoms with Crippen LogP contribution in [0, 0.1) is 0 Å². The molecule has 0 aromatic heterocycles. The van der Waals surface area contributed by atoms with Gasteiger partial charge in [-0.15, -0.1) is 0 Å². The fraction of sp³-hybridized carbons (Fsp3) is 0.900. The fourth-order valence-electron chi connectivity index (χ4n) is 1.66. The van der Waals surface area contributed by atoms with E-state index >= 15 is 0 Å². The van der Waals surface area contributed by atoms with Gasteiger partial charge in [0.2, 0.25) is 10.0 Å². The van der Waals surface area contributed by atoms with Crippen LogP contribution in [0.4, 0.5) is 0 Å². The van der Waals surface area contributed by atoms with E-state index in [1.165, 1.54) is 11.4 Å². The van der Waals surface area contributed by atoms with E-state index < -0.39 is 21.6 Å². The van der Waals surface area contributed by atoms with Gasteiger partial charge in [0.25, 0.3) is 0 Å². The van der Waals surface area contributed by atoms with Crippen molar-refractivity contribution in [2.45, 2.75) is 31.8 Å². The molecule has 0 spiro atoms. The van der Waals surface area contributed by atoms with Crippen molar-refractivity contribution in [3.8, 4) is 0 Å². The Bertz CT molecular complexity index is 372. The standard InChI is InChI=1S/C10H19NO5S/c1-3-10(13)7-11(8-10)17(14,15)6-4-5-9(12)16-2/h13H,3-8H2,1-2H3. The zero-order valence-corrected chi connectivity index (χ0v) is 11.0. The van der Waals surface area contributed by atoms with Crippen molar-refractivity contribution in [2.75, 3.05) is 26.0 Å². The summed E-state index contributed by atoms with van der Waals surface area (Å²) in [6.07, 6.45) is 0.888. The van der Waals surface area contributed by atoms with E-state index in [0.717, 1.165) is 0 Å². The highest BCUT2D eigenvalue weighted by Crippen LogP contribution is 2.27. The molecule has 0 radical (unpaired) electrons. The van der Waals surface area contributed by atoms with Gasteiger partial charge in [-0.3, -0.25) is 4.79 Å². The molecular weight excluding hydrogens is 246 g/mol. The number of carbonyl (C=O) groups excluding carboxylic acids is 1. The minimum absolute atomic E-state index is 0.0815. The monoisotopic (exact) mass is 265 g/mol. The second-order valence-corrected chi connectivity index (χ2v) is 6.43. The number of sulfonamides is 1. The molecule has 0 aromatic carbocycles. The predicted molar refractivity (Wildman–Crippen MR) is 61.9 cm³/mol. The molecule has 1 fully saturated rings. The van der Waals surface area contributed by atoms with Gasteiger partial charge in [0.1, 0.15) is 0 Å². The second-order valence-electron chi connectivity index (χ2n) is 4.34. The van der Waals surface area contributed by atoms with Gasteiger partial charge in [-0.05, 0) is 12.8 Å². The van der Waals surface area contributed by atoms with Crippen molar-refractivity contribution >= 4 is 16.0 Å². The molecule has 1 aliphatic heterocycles. The quantitative estimate of drug-likeness (QED) is 0.668. The van der Waals surface area contributed by atoms with E-state index in [1.807, 2.05) is 6.92 Å². The van der Waals surface area contributed by atoms with Crippen molar-refractivity contribution in [1.29, 1.82) is 0 Å². The molecule has 100 valence electrons. The number of hydrogen-bond donors (Lipinski definition) is 1. The lowest BCUT2D eigenvalue weighted by atomic mass is 9.94. The molecule has 1 N–H and O–H groups in total. The minimum atomic E-state index is -3.34. The third-order valence-corrected chi connectivity index (χ3v) is 4.85. The Hall–Kier alpha value is -0.660.